The van der Waals surface area contributed by atoms with E-state index in [1.54, 1.807) is 0 Å². The van der Waals surface area contributed by atoms with Crippen LogP contribution < -0.4 is 11.0 Å². The molecule has 1 aromatic heterocycles. The number of benzene rings is 2. The van der Waals surface area contributed by atoms with Gasteiger partial charge in [-0.1, -0.05) is 35.3 Å². The molecule has 0 spiro atoms. The molecule has 0 saturated heterocycles. The Morgan fingerprint density at radius 1 is 1.12 bits per heavy atom. The van der Waals surface area contributed by atoms with E-state index < -0.39 is 70.5 Å². The first-order valence-corrected chi connectivity index (χ1v) is 7.79. The summed E-state index contributed by atoms with van der Waals surface area (Å²) in [5.41, 5.74) is -1.55. The highest BCUT2D eigenvalue weighted by atomic mass is 35.5. The average Bonchev–Trinajstić information content (AvgIpc) is 3.09. The summed E-state index contributed by atoms with van der Waals surface area (Å²) in [7, 11) is 0. The molecule has 1 amide bonds. The van der Waals surface area contributed by atoms with E-state index in [4.69, 9.17) is 34.2 Å². The number of hydrogen-bond donors (Lipinski definition) is 1. The minimum absolute atomic E-state index is 0.106. The van der Waals surface area contributed by atoms with E-state index in [9.17, 15) is 9.59 Å². The molecular formula is C16H11Cl2N3O2S. The van der Waals surface area contributed by atoms with Gasteiger partial charge in [-0.25, -0.2) is 8.75 Å². The molecule has 3 rings (SSSR count). The fourth-order valence-corrected chi connectivity index (χ4v) is 2.54. The van der Waals surface area contributed by atoms with E-state index >= 15 is 0 Å². The number of carbonyl (C=O) groups is 1. The highest BCUT2D eigenvalue weighted by Gasteiger charge is 2.11. The Kier molecular flexibility index (Phi) is 2.80. The normalized spacial score (nSPS) is 15.2. The second-order valence-corrected chi connectivity index (χ2v) is 6.03. The highest BCUT2D eigenvalue weighted by molar-refractivity contribution is 7.10. The van der Waals surface area contributed by atoms with Gasteiger partial charge in [-0.05, 0) is 53.4 Å². The van der Waals surface area contributed by atoms with E-state index in [0.29, 0.717) is 11.5 Å². The Morgan fingerprint density at radius 2 is 1.71 bits per heavy atom. The van der Waals surface area contributed by atoms with Crippen molar-refractivity contribution < 1.29 is 15.8 Å². The maximum Gasteiger partial charge on any atom is 0.360 e. The van der Waals surface area contributed by atoms with Gasteiger partial charge in [-0.3, -0.25) is 10.1 Å². The SMILES string of the molecule is [2H]c1c([2H])c(Cn2sc(NC(=O)c3c([2H])c([2H])c(Cl)c([2H])c3[2H])nc2=O)c([2H])c([2H])c1Cl. The van der Waals surface area contributed by atoms with Crippen molar-refractivity contribution in [2.75, 3.05) is 5.32 Å². The number of halogens is 2. The lowest BCUT2D eigenvalue weighted by Crippen LogP contribution is -2.16. The van der Waals surface area contributed by atoms with Crippen molar-refractivity contribution in [1.29, 1.82) is 0 Å². The predicted octanol–water partition coefficient (Wildman–Crippen LogP) is 3.91. The minimum Gasteiger partial charge on any atom is -0.297 e. The predicted molar refractivity (Wildman–Crippen MR) is 96.3 cm³/mol. The first-order chi connectivity index (χ1) is 14.9. The standard InChI is InChI=1S/C16H11Cl2N3O2S/c17-12-5-1-10(2-6-12)9-21-16(23)20-15(24-21)19-14(22)11-3-7-13(18)8-4-11/h1-8H,9H2,(H,19,20,22,23)/i1D,2D,3D,4D,5D,6D,7D,8D. The summed E-state index contributed by atoms with van der Waals surface area (Å²) >= 11 is 12.1. The monoisotopic (exact) mass is 387 g/mol. The van der Waals surface area contributed by atoms with E-state index in [0.717, 1.165) is 3.96 Å². The number of hydrogen-bond acceptors (Lipinski definition) is 4. The topological polar surface area (TPSA) is 64.0 Å². The molecule has 0 atom stereocenters. The summed E-state index contributed by atoms with van der Waals surface area (Å²) in [6, 6.07) is -4.28. The van der Waals surface area contributed by atoms with Crippen LogP contribution in [-0.2, 0) is 6.54 Å². The quantitative estimate of drug-likeness (QED) is 0.737. The number of carbonyl (C=O) groups excluding carboxylic acids is 1. The molecule has 1 heterocycles. The van der Waals surface area contributed by atoms with E-state index in [1.165, 1.54) is 0 Å². The largest absolute Gasteiger partial charge is 0.360 e. The Bertz CT molecular complexity index is 1290. The van der Waals surface area contributed by atoms with Gasteiger partial charge in [0.2, 0.25) is 5.13 Å². The molecule has 0 aliphatic rings. The summed E-state index contributed by atoms with van der Waals surface area (Å²) < 4.78 is 63.6. The van der Waals surface area contributed by atoms with Gasteiger partial charge in [0.1, 0.15) is 0 Å². The lowest BCUT2D eigenvalue weighted by molar-refractivity contribution is 0.102. The van der Waals surface area contributed by atoms with Gasteiger partial charge in [0.15, 0.2) is 0 Å². The molecule has 0 saturated carbocycles. The molecule has 0 unspecified atom stereocenters. The first kappa shape index (κ1) is 9.36. The van der Waals surface area contributed by atoms with Crippen molar-refractivity contribution in [3.05, 3.63) is 80.0 Å². The number of rotatable bonds is 4. The Hall–Kier alpha value is -2.15. The third-order valence-electron chi connectivity index (χ3n) is 2.60. The molecule has 5 nitrogen and oxygen atoms in total. The molecule has 1 N–H and O–H groups in total. The molecule has 8 heteroatoms. The van der Waals surface area contributed by atoms with E-state index in [1.807, 2.05) is 0 Å². The molecule has 122 valence electrons. The molecule has 3 aromatic rings. The van der Waals surface area contributed by atoms with Crippen molar-refractivity contribution in [2.45, 2.75) is 6.54 Å². The average molecular weight is 388 g/mol. The van der Waals surface area contributed by atoms with Crippen LogP contribution in [0.15, 0.2) is 53.1 Å². The third-order valence-corrected chi connectivity index (χ3v) is 3.85. The smallest absolute Gasteiger partial charge is 0.297 e. The zero-order valence-electron chi connectivity index (χ0n) is 19.6. The Labute approximate surface area is 162 Å². The molecule has 0 fully saturated rings. The molecule has 0 aliphatic heterocycles. The van der Waals surface area contributed by atoms with Crippen molar-refractivity contribution >= 4 is 45.8 Å². The summed E-state index contributed by atoms with van der Waals surface area (Å²) in [5, 5.41) is 1.20. The zero-order valence-corrected chi connectivity index (χ0v) is 13.9. The van der Waals surface area contributed by atoms with Gasteiger partial charge < -0.3 is 0 Å². The van der Waals surface area contributed by atoms with Gasteiger partial charge in [0.25, 0.3) is 5.91 Å². The molecule has 0 aliphatic carbocycles. The van der Waals surface area contributed by atoms with Crippen LogP contribution >= 0.6 is 34.7 Å². The maximum atomic E-state index is 12.6. The number of anilines is 1. The molecular weight excluding hydrogens is 369 g/mol. The zero-order chi connectivity index (χ0) is 24.1. The maximum absolute atomic E-state index is 12.6. The van der Waals surface area contributed by atoms with Gasteiger partial charge in [-0.15, -0.1) is 0 Å². The van der Waals surface area contributed by atoms with Crippen LogP contribution in [0.2, 0.25) is 10.0 Å². The van der Waals surface area contributed by atoms with Crippen molar-refractivity contribution in [1.82, 2.24) is 8.94 Å². The fraction of sp³-hybridized carbons (Fsp3) is 0.0625. The second kappa shape index (κ2) is 7.17. The van der Waals surface area contributed by atoms with Crippen LogP contribution in [0, 0.1) is 0 Å². The van der Waals surface area contributed by atoms with Gasteiger partial charge in [0, 0.05) is 15.6 Å². The number of aromatic nitrogens is 2. The van der Waals surface area contributed by atoms with Gasteiger partial charge in [-0.2, -0.15) is 4.98 Å². The Balaban J connectivity index is 1.95. The molecule has 24 heavy (non-hydrogen) atoms. The van der Waals surface area contributed by atoms with Crippen molar-refractivity contribution in [3.63, 3.8) is 0 Å². The number of amides is 1. The van der Waals surface area contributed by atoms with Crippen LogP contribution in [0.4, 0.5) is 5.13 Å². The molecule has 0 radical (unpaired) electrons. The van der Waals surface area contributed by atoms with Crippen molar-refractivity contribution in [3.8, 4) is 0 Å². The number of nitrogens with zero attached hydrogens (tertiary/aromatic N) is 2. The summed E-state index contributed by atoms with van der Waals surface area (Å²) in [6.07, 6.45) is 0. The van der Waals surface area contributed by atoms with Crippen LogP contribution in [0.25, 0.3) is 0 Å². The Morgan fingerprint density at radius 3 is 2.33 bits per heavy atom. The summed E-state index contributed by atoms with van der Waals surface area (Å²) in [5.74, 6) is -1.05. The van der Waals surface area contributed by atoms with Gasteiger partial charge in [0.05, 0.1) is 17.5 Å². The van der Waals surface area contributed by atoms with Crippen molar-refractivity contribution in [2.24, 2.45) is 0 Å². The fourth-order valence-electron chi connectivity index (χ4n) is 1.57. The van der Waals surface area contributed by atoms with Gasteiger partial charge >= 0.3 is 5.69 Å². The second-order valence-electron chi connectivity index (χ2n) is 4.26. The minimum atomic E-state index is -1.05. The third kappa shape index (κ3) is 4.03. The molecule has 0 bridgehead atoms. The van der Waals surface area contributed by atoms with Crippen LogP contribution in [-0.4, -0.2) is 14.8 Å². The highest BCUT2D eigenvalue weighted by Crippen LogP contribution is 2.15. The lowest BCUT2D eigenvalue weighted by Gasteiger charge is -2.02. The van der Waals surface area contributed by atoms with Crippen LogP contribution in [0.5, 0.6) is 0 Å². The lowest BCUT2D eigenvalue weighted by atomic mass is 10.2. The number of nitrogens with one attached hydrogen (secondary N) is 1. The first-order valence-electron chi connectivity index (χ1n) is 10.3. The van der Waals surface area contributed by atoms with E-state index in [2.05, 4.69) is 10.3 Å². The summed E-state index contributed by atoms with van der Waals surface area (Å²) in [4.78, 5) is 28.4. The van der Waals surface area contributed by atoms with E-state index in [-0.39, 0.29) is 22.3 Å². The molecule has 2 aromatic carbocycles. The van der Waals surface area contributed by atoms with Crippen LogP contribution in [0.1, 0.15) is 26.9 Å². The van der Waals surface area contributed by atoms with Crippen LogP contribution in [0.3, 0.4) is 0 Å². The summed E-state index contributed by atoms with van der Waals surface area (Å²) in [6.45, 7) is -0.374.